The fourth-order valence-electron chi connectivity index (χ4n) is 4.29. The van der Waals surface area contributed by atoms with Crippen LogP contribution in [0.2, 0.25) is 0 Å². The summed E-state index contributed by atoms with van der Waals surface area (Å²) >= 11 is 1.76. The summed E-state index contributed by atoms with van der Waals surface area (Å²) in [5, 5.41) is 7.23. The number of hydrogen-bond donors (Lipinski definition) is 1. The molecule has 0 bridgehead atoms. The normalized spacial score (nSPS) is 34.1. The molecule has 5 heteroatoms. The molecular weight excluding hydrogens is 282 g/mol. The van der Waals surface area contributed by atoms with E-state index in [1.165, 1.54) is 43.7 Å². The highest BCUT2D eigenvalue weighted by molar-refractivity contribution is 7.13. The number of nitrogens with zero attached hydrogens (tertiary/aromatic N) is 2. The summed E-state index contributed by atoms with van der Waals surface area (Å²) in [5.74, 6) is 0.774. The molecule has 116 valence electrons. The van der Waals surface area contributed by atoms with E-state index in [9.17, 15) is 0 Å². The predicted molar refractivity (Wildman–Crippen MR) is 86.0 cm³/mol. The Kier molecular flexibility index (Phi) is 4.14. The van der Waals surface area contributed by atoms with Crippen molar-refractivity contribution in [3.05, 3.63) is 11.6 Å². The first-order valence-electron chi connectivity index (χ1n) is 8.42. The zero-order chi connectivity index (χ0) is 14.1. The van der Waals surface area contributed by atoms with Crippen molar-refractivity contribution in [3.8, 4) is 0 Å². The SMILES string of the molecule is c1csc(N2CCC(N[C@@H]3CCC[C@H]4OCC[C@@H]34)CC2)n1. The summed E-state index contributed by atoms with van der Waals surface area (Å²) in [6.07, 6.45) is 10.2. The topological polar surface area (TPSA) is 37.4 Å². The molecule has 1 aliphatic carbocycles. The molecule has 3 heterocycles. The Morgan fingerprint density at radius 3 is 2.90 bits per heavy atom. The molecule has 1 aromatic rings. The number of hydrogen-bond acceptors (Lipinski definition) is 5. The van der Waals surface area contributed by atoms with Gasteiger partial charge in [0.25, 0.3) is 0 Å². The Morgan fingerprint density at radius 1 is 1.19 bits per heavy atom. The van der Waals surface area contributed by atoms with Crippen LogP contribution in [-0.2, 0) is 4.74 Å². The smallest absolute Gasteiger partial charge is 0.185 e. The van der Waals surface area contributed by atoms with Gasteiger partial charge in [0, 0.05) is 49.3 Å². The molecule has 0 amide bonds. The number of anilines is 1. The van der Waals surface area contributed by atoms with Crippen molar-refractivity contribution in [2.45, 2.75) is 56.7 Å². The van der Waals surface area contributed by atoms with Crippen LogP contribution >= 0.6 is 11.3 Å². The van der Waals surface area contributed by atoms with Crippen molar-refractivity contribution in [2.24, 2.45) is 5.92 Å². The molecular formula is C16H25N3OS. The highest BCUT2D eigenvalue weighted by Gasteiger charge is 2.38. The monoisotopic (exact) mass is 307 g/mol. The van der Waals surface area contributed by atoms with Crippen LogP contribution in [0.4, 0.5) is 5.13 Å². The molecule has 0 unspecified atom stereocenters. The van der Waals surface area contributed by atoms with Gasteiger partial charge in [-0.05, 0) is 38.5 Å². The third kappa shape index (κ3) is 2.96. The van der Waals surface area contributed by atoms with E-state index in [0.717, 1.165) is 25.6 Å². The van der Waals surface area contributed by atoms with E-state index in [4.69, 9.17) is 4.74 Å². The Labute approximate surface area is 130 Å². The van der Waals surface area contributed by atoms with E-state index < -0.39 is 0 Å². The quantitative estimate of drug-likeness (QED) is 0.931. The lowest BCUT2D eigenvalue weighted by molar-refractivity contribution is 0.0504. The Bertz CT molecular complexity index is 444. The molecule has 1 N–H and O–H groups in total. The molecule has 1 saturated carbocycles. The minimum absolute atomic E-state index is 0.548. The maximum Gasteiger partial charge on any atom is 0.185 e. The molecule has 0 spiro atoms. The van der Waals surface area contributed by atoms with Crippen molar-refractivity contribution in [1.82, 2.24) is 10.3 Å². The van der Waals surface area contributed by atoms with Gasteiger partial charge in [-0.25, -0.2) is 4.98 Å². The van der Waals surface area contributed by atoms with Crippen molar-refractivity contribution >= 4 is 16.5 Å². The largest absolute Gasteiger partial charge is 0.378 e. The second-order valence-corrected chi connectivity index (χ2v) is 7.51. The summed E-state index contributed by atoms with van der Waals surface area (Å²) < 4.78 is 5.89. The number of thiazole rings is 1. The number of aromatic nitrogens is 1. The fraction of sp³-hybridized carbons (Fsp3) is 0.812. The van der Waals surface area contributed by atoms with Gasteiger partial charge in [0.15, 0.2) is 5.13 Å². The van der Waals surface area contributed by atoms with E-state index in [-0.39, 0.29) is 0 Å². The Balaban J connectivity index is 1.30. The summed E-state index contributed by atoms with van der Waals surface area (Å²) in [6.45, 7) is 3.26. The second kappa shape index (κ2) is 6.23. The first-order chi connectivity index (χ1) is 10.4. The number of rotatable bonds is 3. The van der Waals surface area contributed by atoms with Crippen LogP contribution < -0.4 is 10.2 Å². The molecule has 0 aromatic carbocycles. The van der Waals surface area contributed by atoms with Crippen LogP contribution in [0.1, 0.15) is 38.5 Å². The van der Waals surface area contributed by atoms with Gasteiger partial charge in [-0.2, -0.15) is 0 Å². The number of fused-ring (bicyclic) bond motifs is 1. The van der Waals surface area contributed by atoms with Gasteiger partial charge in [0.2, 0.25) is 0 Å². The molecule has 2 saturated heterocycles. The van der Waals surface area contributed by atoms with Crippen LogP contribution in [0.15, 0.2) is 11.6 Å². The second-order valence-electron chi connectivity index (χ2n) is 6.64. The van der Waals surface area contributed by atoms with Gasteiger partial charge in [-0.15, -0.1) is 11.3 Å². The summed E-state index contributed by atoms with van der Waals surface area (Å²) in [5.41, 5.74) is 0. The molecule has 21 heavy (non-hydrogen) atoms. The van der Waals surface area contributed by atoms with Crippen LogP contribution in [-0.4, -0.2) is 42.9 Å². The van der Waals surface area contributed by atoms with Crippen molar-refractivity contribution in [3.63, 3.8) is 0 Å². The van der Waals surface area contributed by atoms with Crippen LogP contribution in [0.25, 0.3) is 0 Å². The average molecular weight is 307 g/mol. The fourth-order valence-corrected chi connectivity index (χ4v) is 4.99. The Morgan fingerprint density at radius 2 is 2.10 bits per heavy atom. The van der Waals surface area contributed by atoms with E-state index in [0.29, 0.717) is 18.2 Å². The van der Waals surface area contributed by atoms with Crippen molar-refractivity contribution in [1.29, 1.82) is 0 Å². The summed E-state index contributed by atoms with van der Waals surface area (Å²) in [7, 11) is 0. The highest BCUT2D eigenvalue weighted by Crippen LogP contribution is 2.35. The van der Waals surface area contributed by atoms with Crippen LogP contribution in [0, 0.1) is 5.92 Å². The Hall–Kier alpha value is -0.650. The summed E-state index contributed by atoms with van der Waals surface area (Å²) in [6, 6.07) is 1.38. The molecule has 2 aliphatic heterocycles. The molecule has 4 rings (SSSR count). The van der Waals surface area contributed by atoms with Gasteiger partial charge in [-0.1, -0.05) is 0 Å². The van der Waals surface area contributed by atoms with Crippen molar-refractivity contribution in [2.75, 3.05) is 24.6 Å². The van der Waals surface area contributed by atoms with E-state index in [1.54, 1.807) is 11.3 Å². The maximum atomic E-state index is 5.89. The third-order valence-electron chi connectivity index (χ3n) is 5.42. The highest BCUT2D eigenvalue weighted by atomic mass is 32.1. The lowest BCUT2D eigenvalue weighted by atomic mass is 9.81. The minimum atomic E-state index is 0.548. The van der Waals surface area contributed by atoms with E-state index >= 15 is 0 Å². The first kappa shape index (κ1) is 14.0. The number of nitrogens with one attached hydrogen (secondary N) is 1. The molecule has 4 nitrogen and oxygen atoms in total. The minimum Gasteiger partial charge on any atom is -0.378 e. The van der Waals surface area contributed by atoms with Gasteiger partial charge in [-0.3, -0.25) is 0 Å². The molecule has 3 aliphatic rings. The molecule has 3 atom stereocenters. The van der Waals surface area contributed by atoms with E-state index in [2.05, 4.69) is 20.6 Å². The third-order valence-corrected chi connectivity index (χ3v) is 6.25. The van der Waals surface area contributed by atoms with Crippen molar-refractivity contribution < 1.29 is 4.74 Å². The molecule has 3 fully saturated rings. The standard InChI is InChI=1S/C16H25N3OS/c1-2-14(13-6-10-20-15(13)3-1)18-12-4-8-19(9-5-12)16-17-7-11-21-16/h7,11-15,18H,1-6,8-10H2/t13-,14+,15+/m0/s1. The lowest BCUT2D eigenvalue weighted by Crippen LogP contribution is -2.51. The number of ether oxygens (including phenoxy) is 1. The van der Waals surface area contributed by atoms with Gasteiger partial charge >= 0.3 is 0 Å². The zero-order valence-electron chi connectivity index (χ0n) is 12.5. The van der Waals surface area contributed by atoms with Crippen LogP contribution in [0.5, 0.6) is 0 Å². The zero-order valence-corrected chi connectivity index (χ0v) is 13.4. The number of piperidine rings is 1. The van der Waals surface area contributed by atoms with Gasteiger partial charge < -0.3 is 15.0 Å². The van der Waals surface area contributed by atoms with Gasteiger partial charge in [0.1, 0.15) is 0 Å². The molecule has 1 aromatic heterocycles. The first-order valence-corrected chi connectivity index (χ1v) is 9.30. The average Bonchev–Trinajstić information content (AvgIpc) is 3.20. The van der Waals surface area contributed by atoms with E-state index in [1.807, 2.05) is 6.20 Å². The maximum absolute atomic E-state index is 5.89. The lowest BCUT2D eigenvalue weighted by Gasteiger charge is -2.39. The van der Waals surface area contributed by atoms with Gasteiger partial charge in [0.05, 0.1) is 6.10 Å². The molecule has 0 radical (unpaired) electrons. The van der Waals surface area contributed by atoms with Crippen LogP contribution in [0.3, 0.4) is 0 Å². The predicted octanol–water partition coefficient (Wildman–Crippen LogP) is 2.66. The summed E-state index contributed by atoms with van der Waals surface area (Å²) in [4.78, 5) is 6.87.